The smallest absolute Gasteiger partial charge is 0.438 e. The van der Waals surface area contributed by atoms with Crippen molar-refractivity contribution in [3.05, 3.63) is 0 Å². The number of fused-ring (bicyclic) bond motifs is 1. The van der Waals surface area contributed by atoms with Gasteiger partial charge in [-0.1, -0.05) is 0 Å². The monoisotopic (exact) mass is 220 g/mol. The molecule has 0 aromatic carbocycles. The number of aliphatic hydroxyl groups excluding tert-OH is 1. The second kappa shape index (κ2) is 3.60. The topological polar surface area (TPSA) is 94.5 Å². The number of aliphatic hydroxyl groups is 2. The zero-order valence-electron chi connectivity index (χ0n) is 8.08. The van der Waals surface area contributed by atoms with E-state index in [2.05, 4.69) is 9.47 Å². The minimum absolute atomic E-state index is 0.0438. The van der Waals surface area contributed by atoms with Crippen LogP contribution in [0.5, 0.6) is 0 Å². The molecule has 86 valence electrons. The first kappa shape index (κ1) is 10.6. The average Bonchev–Trinajstić information content (AvgIpc) is 2.71. The Kier molecular flexibility index (Phi) is 2.55. The number of carbonyl (C=O) groups excluding carboxylic acids is 1. The Hall–Kier alpha value is -0.890. The summed E-state index contributed by atoms with van der Waals surface area (Å²) < 4.78 is 19.1. The molecular weight excluding hydrogens is 208 g/mol. The fourth-order valence-electron chi connectivity index (χ4n) is 1.75. The summed E-state index contributed by atoms with van der Waals surface area (Å²) in [6.45, 7) is -0.198. The Labute approximate surface area is 85.5 Å². The third-order valence-corrected chi connectivity index (χ3v) is 2.48. The maximum Gasteiger partial charge on any atom is 0.510 e. The van der Waals surface area contributed by atoms with Crippen LogP contribution in [0.1, 0.15) is 0 Å². The van der Waals surface area contributed by atoms with Gasteiger partial charge in [0, 0.05) is 0 Å². The fourth-order valence-corrected chi connectivity index (χ4v) is 1.75. The van der Waals surface area contributed by atoms with Gasteiger partial charge in [-0.2, -0.15) is 0 Å². The van der Waals surface area contributed by atoms with Crippen molar-refractivity contribution < 1.29 is 34.0 Å². The molecule has 2 aliphatic rings. The molecule has 0 saturated carbocycles. The SMILES string of the molecule is COC(=O)O[C@@]1(O)CO[C@@H]2[C@H](O)CO[C@@H]21. The Bertz CT molecular complexity index is 268. The van der Waals surface area contributed by atoms with Crippen molar-refractivity contribution in [2.45, 2.75) is 24.1 Å². The molecule has 2 N–H and O–H groups in total. The van der Waals surface area contributed by atoms with Crippen LogP contribution in [-0.2, 0) is 18.9 Å². The summed E-state index contributed by atoms with van der Waals surface area (Å²) in [5.74, 6) is -1.88. The highest BCUT2D eigenvalue weighted by Crippen LogP contribution is 2.35. The van der Waals surface area contributed by atoms with E-state index in [1.807, 2.05) is 0 Å². The largest absolute Gasteiger partial charge is 0.510 e. The standard InChI is InChI=1S/C8H12O7/c1-12-7(10)15-8(11)3-14-5-4(9)2-13-6(5)8/h4-6,9,11H,2-3H2,1H3/t4-,5-,6+,8+/m1/s1. The molecule has 2 saturated heterocycles. The highest BCUT2D eigenvalue weighted by Gasteiger charge is 2.58. The van der Waals surface area contributed by atoms with Crippen LogP contribution in [0, 0.1) is 0 Å². The van der Waals surface area contributed by atoms with Gasteiger partial charge < -0.3 is 29.2 Å². The van der Waals surface area contributed by atoms with E-state index in [1.165, 1.54) is 0 Å². The van der Waals surface area contributed by atoms with Gasteiger partial charge in [-0.05, 0) is 0 Å². The van der Waals surface area contributed by atoms with E-state index in [1.54, 1.807) is 0 Å². The average molecular weight is 220 g/mol. The predicted molar refractivity (Wildman–Crippen MR) is 43.9 cm³/mol. The van der Waals surface area contributed by atoms with Gasteiger partial charge in [0.1, 0.15) is 18.8 Å². The van der Waals surface area contributed by atoms with E-state index < -0.39 is 30.3 Å². The fraction of sp³-hybridized carbons (Fsp3) is 0.875. The minimum atomic E-state index is -1.88. The van der Waals surface area contributed by atoms with Gasteiger partial charge in [0.2, 0.25) is 0 Å². The van der Waals surface area contributed by atoms with Crippen LogP contribution in [0.2, 0.25) is 0 Å². The number of ether oxygens (including phenoxy) is 4. The first-order valence-corrected chi connectivity index (χ1v) is 4.47. The third kappa shape index (κ3) is 1.67. The molecule has 0 unspecified atom stereocenters. The molecule has 7 heteroatoms. The van der Waals surface area contributed by atoms with Gasteiger partial charge >= 0.3 is 6.16 Å². The summed E-state index contributed by atoms with van der Waals surface area (Å²) >= 11 is 0. The third-order valence-electron chi connectivity index (χ3n) is 2.48. The molecule has 2 rings (SSSR count). The lowest BCUT2D eigenvalue weighted by Crippen LogP contribution is -2.47. The Morgan fingerprint density at radius 3 is 2.93 bits per heavy atom. The zero-order chi connectivity index (χ0) is 11.1. The molecule has 0 aromatic heterocycles. The van der Waals surface area contributed by atoms with Gasteiger partial charge in [0.15, 0.2) is 6.10 Å². The highest BCUT2D eigenvalue weighted by atomic mass is 16.8. The number of hydrogen-bond acceptors (Lipinski definition) is 7. The second-order valence-electron chi connectivity index (χ2n) is 3.50. The normalized spacial score (nSPS) is 43.8. The lowest BCUT2D eigenvalue weighted by Gasteiger charge is -2.25. The summed E-state index contributed by atoms with van der Waals surface area (Å²) in [6.07, 6.45) is -3.37. The molecular formula is C8H12O7. The molecule has 0 bridgehead atoms. The molecule has 2 fully saturated rings. The van der Waals surface area contributed by atoms with Crippen LogP contribution in [0.25, 0.3) is 0 Å². The van der Waals surface area contributed by atoms with Gasteiger partial charge in [-0.15, -0.1) is 0 Å². The van der Waals surface area contributed by atoms with Gasteiger partial charge in [0.25, 0.3) is 5.79 Å². The molecule has 15 heavy (non-hydrogen) atoms. The molecule has 0 radical (unpaired) electrons. The predicted octanol–water partition coefficient (Wildman–Crippen LogP) is -1.38. The van der Waals surface area contributed by atoms with Crippen molar-refractivity contribution in [1.29, 1.82) is 0 Å². The Morgan fingerprint density at radius 2 is 2.27 bits per heavy atom. The molecule has 0 spiro atoms. The number of rotatable bonds is 1. The summed E-state index contributed by atoms with van der Waals surface area (Å²) in [6, 6.07) is 0. The van der Waals surface area contributed by atoms with Crippen molar-refractivity contribution in [2.75, 3.05) is 20.3 Å². The number of carbonyl (C=O) groups is 1. The second-order valence-corrected chi connectivity index (χ2v) is 3.50. The Morgan fingerprint density at radius 1 is 1.53 bits per heavy atom. The van der Waals surface area contributed by atoms with E-state index in [4.69, 9.17) is 9.47 Å². The van der Waals surface area contributed by atoms with Crippen molar-refractivity contribution in [3.63, 3.8) is 0 Å². The Balaban J connectivity index is 2.07. The summed E-state index contributed by atoms with van der Waals surface area (Å²) in [5, 5.41) is 19.3. The molecule has 0 aromatic rings. The molecule has 4 atom stereocenters. The highest BCUT2D eigenvalue weighted by molar-refractivity contribution is 5.60. The van der Waals surface area contributed by atoms with E-state index in [0.29, 0.717) is 0 Å². The lowest BCUT2D eigenvalue weighted by molar-refractivity contribution is -0.219. The van der Waals surface area contributed by atoms with E-state index in [9.17, 15) is 15.0 Å². The first-order valence-electron chi connectivity index (χ1n) is 4.47. The number of methoxy groups -OCH3 is 1. The number of hydrogen-bond donors (Lipinski definition) is 2. The van der Waals surface area contributed by atoms with Crippen molar-refractivity contribution >= 4 is 6.16 Å². The summed E-state index contributed by atoms with van der Waals surface area (Å²) in [4.78, 5) is 10.9. The van der Waals surface area contributed by atoms with Gasteiger partial charge in [-0.3, -0.25) is 0 Å². The lowest BCUT2D eigenvalue weighted by atomic mass is 10.1. The summed E-state index contributed by atoms with van der Waals surface area (Å²) in [7, 11) is 1.13. The van der Waals surface area contributed by atoms with E-state index in [0.717, 1.165) is 7.11 Å². The van der Waals surface area contributed by atoms with E-state index >= 15 is 0 Å². The van der Waals surface area contributed by atoms with Crippen molar-refractivity contribution in [3.8, 4) is 0 Å². The van der Waals surface area contributed by atoms with Crippen LogP contribution >= 0.6 is 0 Å². The molecule has 2 aliphatic heterocycles. The molecule has 0 aliphatic carbocycles. The van der Waals surface area contributed by atoms with Crippen LogP contribution in [0.3, 0.4) is 0 Å². The molecule has 0 amide bonds. The first-order chi connectivity index (χ1) is 7.07. The minimum Gasteiger partial charge on any atom is -0.438 e. The zero-order valence-corrected chi connectivity index (χ0v) is 8.08. The maximum absolute atomic E-state index is 10.9. The molecule has 2 heterocycles. The summed E-state index contributed by atoms with van der Waals surface area (Å²) in [5.41, 5.74) is 0. The van der Waals surface area contributed by atoms with Crippen LogP contribution < -0.4 is 0 Å². The van der Waals surface area contributed by atoms with Crippen LogP contribution in [-0.4, -0.2) is 60.8 Å². The quantitative estimate of drug-likeness (QED) is 0.415. The van der Waals surface area contributed by atoms with Gasteiger partial charge in [0.05, 0.1) is 13.7 Å². The van der Waals surface area contributed by atoms with Crippen molar-refractivity contribution in [1.82, 2.24) is 0 Å². The van der Waals surface area contributed by atoms with Crippen LogP contribution in [0.4, 0.5) is 4.79 Å². The van der Waals surface area contributed by atoms with E-state index in [-0.39, 0.29) is 13.2 Å². The maximum atomic E-state index is 10.9. The molecule has 7 nitrogen and oxygen atoms in total. The van der Waals surface area contributed by atoms with Crippen LogP contribution in [0.15, 0.2) is 0 Å². The van der Waals surface area contributed by atoms with Gasteiger partial charge in [-0.25, -0.2) is 4.79 Å². The van der Waals surface area contributed by atoms with Crippen molar-refractivity contribution in [2.24, 2.45) is 0 Å².